The highest BCUT2D eigenvalue weighted by atomic mass is 16.5. The van der Waals surface area contributed by atoms with Crippen LogP contribution in [0.25, 0.3) is 5.69 Å². The molecule has 0 unspecified atom stereocenters. The van der Waals surface area contributed by atoms with E-state index in [0.717, 1.165) is 0 Å². The summed E-state index contributed by atoms with van der Waals surface area (Å²) < 4.78 is 6.69. The second-order valence-electron chi connectivity index (χ2n) is 4.13. The summed E-state index contributed by atoms with van der Waals surface area (Å²) in [4.78, 5) is 23.7. The molecule has 1 N–H and O–H groups in total. The summed E-state index contributed by atoms with van der Waals surface area (Å²) in [6.45, 7) is 0. The molecule has 0 aliphatic rings. The summed E-state index contributed by atoms with van der Waals surface area (Å²) >= 11 is 0. The molecule has 1 aromatic heterocycles. The molecule has 0 saturated heterocycles. The van der Waals surface area contributed by atoms with Crippen LogP contribution in [-0.2, 0) is 0 Å². The molecular formula is C15H15N3O3. The number of allylic oxidation sites excluding steroid dienone is 1. The maximum Gasteiger partial charge on any atom is 0.211 e. The van der Waals surface area contributed by atoms with Gasteiger partial charge in [0.05, 0.1) is 7.11 Å². The Labute approximate surface area is 121 Å². The molecule has 0 fully saturated rings. The van der Waals surface area contributed by atoms with Crippen LogP contribution in [0.2, 0.25) is 0 Å². The predicted octanol–water partition coefficient (Wildman–Crippen LogP) is 1.16. The third kappa shape index (κ3) is 3.17. The Morgan fingerprint density at radius 1 is 1.33 bits per heavy atom. The van der Waals surface area contributed by atoms with Crippen molar-refractivity contribution >= 4 is 5.78 Å². The first kappa shape index (κ1) is 14.5. The minimum absolute atomic E-state index is 0.144. The maximum atomic E-state index is 11.9. The summed E-state index contributed by atoms with van der Waals surface area (Å²) in [6, 6.07) is 8.51. The largest absolute Gasteiger partial charge is 0.494 e. The van der Waals surface area contributed by atoms with Gasteiger partial charge in [-0.05, 0) is 12.1 Å². The standard InChI is InChI=1S/C15H15N3O3/c1-16-9-7-12(19)15-13(20)8-10-18(17-15)11-5-3-4-6-14(11)21-2/h3-10,16H,1-2H3. The Balaban J connectivity index is 2.50. The van der Waals surface area contributed by atoms with Crippen LogP contribution >= 0.6 is 0 Å². The first-order chi connectivity index (χ1) is 10.2. The van der Waals surface area contributed by atoms with Gasteiger partial charge in [0.25, 0.3) is 0 Å². The number of hydrogen-bond acceptors (Lipinski definition) is 5. The fourth-order valence-corrected chi connectivity index (χ4v) is 1.77. The summed E-state index contributed by atoms with van der Waals surface area (Å²) in [5, 5.41) is 6.79. The van der Waals surface area contributed by atoms with Gasteiger partial charge >= 0.3 is 0 Å². The molecule has 0 amide bonds. The molecule has 0 spiro atoms. The Hall–Kier alpha value is -2.89. The highest BCUT2D eigenvalue weighted by molar-refractivity contribution is 6.02. The van der Waals surface area contributed by atoms with Crippen molar-refractivity contribution in [1.82, 2.24) is 15.1 Å². The van der Waals surface area contributed by atoms with E-state index in [-0.39, 0.29) is 5.69 Å². The normalized spacial score (nSPS) is 10.6. The maximum absolute atomic E-state index is 11.9. The molecule has 2 aromatic rings. The summed E-state index contributed by atoms with van der Waals surface area (Å²) in [5.74, 6) is 0.136. The smallest absolute Gasteiger partial charge is 0.211 e. The van der Waals surface area contributed by atoms with Crippen LogP contribution in [0, 0.1) is 0 Å². The van der Waals surface area contributed by atoms with Gasteiger partial charge < -0.3 is 10.1 Å². The van der Waals surface area contributed by atoms with Crippen LogP contribution in [0.15, 0.2) is 53.6 Å². The van der Waals surface area contributed by atoms with E-state index >= 15 is 0 Å². The molecule has 1 aromatic carbocycles. The molecule has 1 heterocycles. The lowest BCUT2D eigenvalue weighted by atomic mass is 10.2. The second-order valence-corrected chi connectivity index (χ2v) is 4.13. The van der Waals surface area contributed by atoms with Gasteiger partial charge in [-0.2, -0.15) is 5.10 Å². The van der Waals surface area contributed by atoms with Crippen molar-refractivity contribution in [1.29, 1.82) is 0 Å². The fourth-order valence-electron chi connectivity index (χ4n) is 1.77. The fraction of sp³-hybridized carbons (Fsp3) is 0.133. The van der Waals surface area contributed by atoms with Crippen LogP contribution in [0.5, 0.6) is 5.75 Å². The Morgan fingerprint density at radius 2 is 2.10 bits per heavy atom. The number of nitrogens with one attached hydrogen (secondary N) is 1. The number of rotatable bonds is 5. The number of ether oxygens (including phenoxy) is 1. The van der Waals surface area contributed by atoms with Crippen LogP contribution in [-0.4, -0.2) is 29.7 Å². The quantitative estimate of drug-likeness (QED) is 0.659. The number of nitrogens with zero attached hydrogens (tertiary/aromatic N) is 2. The summed E-state index contributed by atoms with van der Waals surface area (Å²) in [5.41, 5.74) is 0.0773. The molecule has 0 aliphatic carbocycles. The lowest BCUT2D eigenvalue weighted by Gasteiger charge is -2.10. The first-order valence-corrected chi connectivity index (χ1v) is 6.29. The Kier molecular flexibility index (Phi) is 4.50. The number of ketones is 1. The van der Waals surface area contributed by atoms with Crippen molar-refractivity contribution in [3.63, 3.8) is 0 Å². The molecule has 21 heavy (non-hydrogen) atoms. The molecule has 6 heteroatoms. The zero-order chi connectivity index (χ0) is 15.2. The van der Waals surface area contributed by atoms with Crippen molar-refractivity contribution in [3.05, 3.63) is 64.7 Å². The van der Waals surface area contributed by atoms with E-state index in [1.165, 1.54) is 29.2 Å². The van der Waals surface area contributed by atoms with Gasteiger partial charge in [0.1, 0.15) is 11.4 Å². The number of aromatic nitrogens is 2. The molecule has 0 atom stereocenters. The Morgan fingerprint density at radius 3 is 2.81 bits per heavy atom. The van der Waals surface area contributed by atoms with Crippen LogP contribution in [0.1, 0.15) is 10.5 Å². The predicted molar refractivity (Wildman–Crippen MR) is 78.9 cm³/mol. The van der Waals surface area contributed by atoms with Crippen molar-refractivity contribution in [2.24, 2.45) is 0 Å². The molecule has 2 rings (SSSR count). The molecule has 0 radical (unpaired) electrons. The minimum Gasteiger partial charge on any atom is -0.494 e. The van der Waals surface area contributed by atoms with Crippen molar-refractivity contribution < 1.29 is 9.53 Å². The van der Waals surface area contributed by atoms with Crippen molar-refractivity contribution in [3.8, 4) is 11.4 Å². The van der Waals surface area contributed by atoms with E-state index in [1.807, 2.05) is 12.1 Å². The lowest BCUT2D eigenvalue weighted by molar-refractivity contribution is 0.103. The van der Waals surface area contributed by atoms with Gasteiger partial charge in [0.15, 0.2) is 5.69 Å². The van der Waals surface area contributed by atoms with E-state index in [0.29, 0.717) is 11.4 Å². The molecule has 0 bridgehead atoms. The average molecular weight is 285 g/mol. The van der Waals surface area contributed by atoms with Gasteiger partial charge in [-0.3, -0.25) is 9.59 Å². The average Bonchev–Trinajstić information content (AvgIpc) is 2.53. The zero-order valence-electron chi connectivity index (χ0n) is 11.7. The second kappa shape index (κ2) is 6.51. The third-order valence-electron chi connectivity index (χ3n) is 2.77. The summed E-state index contributed by atoms with van der Waals surface area (Å²) in [7, 11) is 3.21. The third-order valence-corrected chi connectivity index (χ3v) is 2.77. The summed E-state index contributed by atoms with van der Waals surface area (Å²) in [6.07, 6.45) is 4.21. The van der Waals surface area contributed by atoms with Gasteiger partial charge in [0, 0.05) is 31.6 Å². The number of para-hydroxylation sites is 2. The van der Waals surface area contributed by atoms with Gasteiger partial charge in [-0.15, -0.1) is 0 Å². The number of methoxy groups -OCH3 is 1. The SMILES string of the molecule is CNC=CC(=O)c1nn(-c2ccccc2OC)ccc1=O. The van der Waals surface area contributed by atoms with Crippen LogP contribution < -0.4 is 15.5 Å². The zero-order valence-corrected chi connectivity index (χ0v) is 11.7. The van der Waals surface area contributed by atoms with Crippen LogP contribution in [0.3, 0.4) is 0 Å². The van der Waals surface area contributed by atoms with Gasteiger partial charge in [-0.1, -0.05) is 12.1 Å². The van der Waals surface area contributed by atoms with Gasteiger partial charge in [0.2, 0.25) is 11.2 Å². The van der Waals surface area contributed by atoms with Crippen molar-refractivity contribution in [2.45, 2.75) is 0 Å². The number of carbonyl (C=O) groups excluding carboxylic acids is 1. The van der Waals surface area contributed by atoms with E-state index < -0.39 is 11.2 Å². The molecule has 0 saturated carbocycles. The molecule has 0 aliphatic heterocycles. The number of hydrogen-bond donors (Lipinski definition) is 1. The van der Waals surface area contributed by atoms with E-state index in [9.17, 15) is 9.59 Å². The molecule has 6 nitrogen and oxygen atoms in total. The van der Waals surface area contributed by atoms with Crippen LogP contribution in [0.4, 0.5) is 0 Å². The highest BCUT2D eigenvalue weighted by Gasteiger charge is 2.12. The number of benzene rings is 1. The van der Waals surface area contributed by atoms with E-state index in [4.69, 9.17) is 4.74 Å². The van der Waals surface area contributed by atoms with E-state index in [2.05, 4.69) is 10.4 Å². The van der Waals surface area contributed by atoms with E-state index in [1.54, 1.807) is 26.3 Å². The first-order valence-electron chi connectivity index (χ1n) is 6.29. The minimum atomic E-state index is -0.460. The highest BCUT2D eigenvalue weighted by Crippen LogP contribution is 2.20. The lowest BCUT2D eigenvalue weighted by Crippen LogP contribution is -2.20. The topological polar surface area (TPSA) is 73.2 Å². The monoisotopic (exact) mass is 285 g/mol. The Bertz CT molecular complexity index is 735. The van der Waals surface area contributed by atoms with Gasteiger partial charge in [-0.25, -0.2) is 4.68 Å². The van der Waals surface area contributed by atoms with Crippen molar-refractivity contribution in [2.75, 3.05) is 14.2 Å². The number of carbonyl (C=O) groups is 1. The molecule has 108 valence electrons. The molecular weight excluding hydrogens is 270 g/mol.